The van der Waals surface area contributed by atoms with Gasteiger partial charge < -0.3 is 21.3 Å². The van der Waals surface area contributed by atoms with Crippen LogP contribution < -0.4 is 11.1 Å². The van der Waals surface area contributed by atoms with E-state index in [0.29, 0.717) is 0 Å². The number of aliphatic carboxylic acids is 1. The molecule has 1 rings (SSSR count). The Balaban J connectivity index is 2.49. The van der Waals surface area contributed by atoms with Crippen LogP contribution >= 0.6 is 0 Å². The first-order valence-corrected chi connectivity index (χ1v) is 6.00. The summed E-state index contributed by atoms with van der Waals surface area (Å²) in [4.78, 5) is 22.3. The van der Waals surface area contributed by atoms with Crippen LogP contribution in [0.3, 0.4) is 0 Å². The molecule has 0 saturated carbocycles. The van der Waals surface area contributed by atoms with E-state index >= 15 is 0 Å². The van der Waals surface area contributed by atoms with Gasteiger partial charge in [-0.15, -0.1) is 0 Å². The van der Waals surface area contributed by atoms with Crippen molar-refractivity contribution in [3.63, 3.8) is 0 Å². The Hall–Kier alpha value is -1.92. The summed E-state index contributed by atoms with van der Waals surface area (Å²) in [7, 11) is 0. The molecule has 0 fully saturated rings. The van der Waals surface area contributed by atoms with Gasteiger partial charge in [0, 0.05) is 19.5 Å². The normalized spacial score (nSPS) is 13.6. The molecule has 0 heterocycles. The molecular formula is C13H18N2O4. The summed E-state index contributed by atoms with van der Waals surface area (Å²) in [5.41, 5.74) is 6.39. The number of carbonyl (C=O) groups excluding carboxylic acids is 1. The van der Waals surface area contributed by atoms with Crippen LogP contribution in [0.1, 0.15) is 17.9 Å². The predicted octanol–water partition coefficient (Wildman–Crippen LogP) is -0.319. The maximum atomic E-state index is 11.9. The Kier molecular flexibility index (Phi) is 5.98. The van der Waals surface area contributed by atoms with E-state index in [1.165, 1.54) is 0 Å². The van der Waals surface area contributed by atoms with Crippen LogP contribution in [0.25, 0.3) is 0 Å². The van der Waals surface area contributed by atoms with Crippen LogP contribution in [0.15, 0.2) is 30.3 Å². The zero-order valence-electron chi connectivity index (χ0n) is 10.5. The Morgan fingerprint density at radius 3 is 2.42 bits per heavy atom. The van der Waals surface area contributed by atoms with Gasteiger partial charge in [-0.25, -0.2) is 4.79 Å². The first-order chi connectivity index (χ1) is 9.06. The van der Waals surface area contributed by atoms with Crippen LogP contribution in [-0.2, 0) is 9.59 Å². The number of hydrogen-bond acceptors (Lipinski definition) is 4. The molecule has 0 aliphatic carbocycles. The summed E-state index contributed by atoms with van der Waals surface area (Å²) in [6.07, 6.45) is -1.50. The second-order valence-corrected chi connectivity index (χ2v) is 4.13. The first kappa shape index (κ1) is 15.1. The van der Waals surface area contributed by atoms with E-state index in [1.54, 1.807) is 0 Å². The lowest BCUT2D eigenvalue weighted by Gasteiger charge is -2.15. The van der Waals surface area contributed by atoms with Crippen LogP contribution in [0.5, 0.6) is 0 Å². The molecule has 0 bridgehead atoms. The van der Waals surface area contributed by atoms with E-state index in [4.69, 9.17) is 15.9 Å². The second kappa shape index (κ2) is 7.50. The first-order valence-electron chi connectivity index (χ1n) is 6.00. The third kappa shape index (κ3) is 4.69. The SMILES string of the molecule is NCC(C(=O)NCC[C@H](O)C(=O)O)c1ccccc1. The van der Waals surface area contributed by atoms with E-state index < -0.39 is 18.0 Å². The lowest BCUT2D eigenvalue weighted by Crippen LogP contribution is -2.36. The van der Waals surface area contributed by atoms with Crippen molar-refractivity contribution in [2.24, 2.45) is 5.73 Å². The van der Waals surface area contributed by atoms with E-state index in [1.807, 2.05) is 30.3 Å². The standard InChI is InChI=1S/C13H18N2O4/c14-8-10(9-4-2-1-3-5-9)12(17)15-7-6-11(16)13(18)19/h1-5,10-11,16H,6-8,14H2,(H,15,17)(H,18,19)/t10?,11-/m0/s1. The van der Waals surface area contributed by atoms with Gasteiger partial charge in [0.15, 0.2) is 6.10 Å². The molecule has 0 radical (unpaired) electrons. The van der Waals surface area contributed by atoms with Crippen molar-refractivity contribution in [2.75, 3.05) is 13.1 Å². The summed E-state index contributed by atoms with van der Waals surface area (Å²) in [5, 5.41) is 20.2. The molecule has 1 aromatic rings. The lowest BCUT2D eigenvalue weighted by molar-refractivity contribution is -0.147. The van der Waals surface area contributed by atoms with Crippen LogP contribution in [-0.4, -0.2) is 41.3 Å². The number of carboxylic acids is 1. The van der Waals surface area contributed by atoms with Gasteiger partial charge in [0.25, 0.3) is 0 Å². The number of aliphatic hydroxyl groups is 1. The van der Waals surface area contributed by atoms with Crippen molar-refractivity contribution < 1.29 is 19.8 Å². The average molecular weight is 266 g/mol. The number of amides is 1. The fourth-order valence-electron chi connectivity index (χ4n) is 1.66. The highest BCUT2D eigenvalue weighted by atomic mass is 16.4. The average Bonchev–Trinajstić information content (AvgIpc) is 2.40. The molecule has 104 valence electrons. The van der Waals surface area contributed by atoms with Crippen molar-refractivity contribution in [3.8, 4) is 0 Å². The van der Waals surface area contributed by atoms with Crippen LogP contribution in [0, 0.1) is 0 Å². The number of nitrogens with two attached hydrogens (primary N) is 1. The third-order valence-corrected chi connectivity index (χ3v) is 2.76. The van der Waals surface area contributed by atoms with Crippen molar-refractivity contribution in [3.05, 3.63) is 35.9 Å². The summed E-state index contributed by atoms with van der Waals surface area (Å²) >= 11 is 0. The van der Waals surface area contributed by atoms with Gasteiger partial charge in [-0.2, -0.15) is 0 Å². The molecule has 0 aromatic heterocycles. The Morgan fingerprint density at radius 1 is 1.26 bits per heavy atom. The molecule has 0 aliphatic heterocycles. The zero-order valence-corrected chi connectivity index (χ0v) is 10.5. The molecule has 5 N–H and O–H groups in total. The molecule has 0 spiro atoms. The zero-order chi connectivity index (χ0) is 14.3. The van der Waals surface area contributed by atoms with Crippen molar-refractivity contribution in [1.29, 1.82) is 0 Å². The summed E-state index contributed by atoms with van der Waals surface area (Å²) in [5.74, 6) is -2.04. The van der Waals surface area contributed by atoms with Crippen LogP contribution in [0.4, 0.5) is 0 Å². The van der Waals surface area contributed by atoms with Gasteiger partial charge in [0.1, 0.15) is 0 Å². The number of hydrogen-bond donors (Lipinski definition) is 4. The molecule has 19 heavy (non-hydrogen) atoms. The molecule has 1 amide bonds. The maximum absolute atomic E-state index is 11.9. The Bertz CT molecular complexity index is 422. The Labute approximate surface area is 111 Å². The van der Waals surface area contributed by atoms with Gasteiger partial charge in [-0.3, -0.25) is 4.79 Å². The molecule has 0 saturated heterocycles. The monoisotopic (exact) mass is 266 g/mol. The fourth-order valence-corrected chi connectivity index (χ4v) is 1.66. The van der Waals surface area contributed by atoms with Crippen molar-refractivity contribution >= 4 is 11.9 Å². The molecule has 6 heteroatoms. The van der Waals surface area contributed by atoms with Gasteiger partial charge >= 0.3 is 5.97 Å². The fraction of sp³-hybridized carbons (Fsp3) is 0.385. The second-order valence-electron chi connectivity index (χ2n) is 4.13. The van der Waals surface area contributed by atoms with Crippen molar-refractivity contribution in [1.82, 2.24) is 5.32 Å². The largest absolute Gasteiger partial charge is 0.479 e. The molecule has 6 nitrogen and oxygen atoms in total. The van der Waals surface area contributed by atoms with E-state index in [0.717, 1.165) is 5.56 Å². The molecule has 1 aromatic carbocycles. The highest BCUT2D eigenvalue weighted by Crippen LogP contribution is 2.13. The Morgan fingerprint density at radius 2 is 1.89 bits per heavy atom. The molecule has 2 atom stereocenters. The number of carbonyl (C=O) groups is 2. The van der Waals surface area contributed by atoms with E-state index in [-0.39, 0.29) is 25.4 Å². The lowest BCUT2D eigenvalue weighted by atomic mass is 9.98. The molecule has 0 aliphatic rings. The molecular weight excluding hydrogens is 248 g/mol. The quantitative estimate of drug-likeness (QED) is 0.540. The summed E-state index contributed by atoms with van der Waals surface area (Å²) < 4.78 is 0. The number of carboxylic acid groups (broad SMARTS) is 1. The number of rotatable bonds is 7. The minimum atomic E-state index is -1.46. The highest BCUT2D eigenvalue weighted by Gasteiger charge is 2.19. The summed E-state index contributed by atoms with van der Waals surface area (Å²) in [6, 6.07) is 9.10. The third-order valence-electron chi connectivity index (χ3n) is 2.76. The number of aliphatic hydroxyl groups excluding tert-OH is 1. The van der Waals surface area contributed by atoms with Gasteiger partial charge in [-0.1, -0.05) is 30.3 Å². The van der Waals surface area contributed by atoms with Crippen LogP contribution in [0.2, 0.25) is 0 Å². The van der Waals surface area contributed by atoms with Gasteiger partial charge in [-0.05, 0) is 5.56 Å². The van der Waals surface area contributed by atoms with Gasteiger partial charge in [0.05, 0.1) is 5.92 Å². The van der Waals surface area contributed by atoms with Gasteiger partial charge in [0.2, 0.25) is 5.91 Å². The predicted molar refractivity (Wildman–Crippen MR) is 69.5 cm³/mol. The van der Waals surface area contributed by atoms with Crippen molar-refractivity contribution in [2.45, 2.75) is 18.4 Å². The maximum Gasteiger partial charge on any atom is 0.332 e. The smallest absolute Gasteiger partial charge is 0.332 e. The minimum absolute atomic E-state index is 0.0346. The highest BCUT2D eigenvalue weighted by molar-refractivity contribution is 5.84. The number of benzene rings is 1. The van der Waals surface area contributed by atoms with E-state index in [2.05, 4.69) is 5.32 Å². The summed E-state index contributed by atoms with van der Waals surface area (Å²) in [6.45, 7) is 0.257. The van der Waals surface area contributed by atoms with E-state index in [9.17, 15) is 9.59 Å². The topological polar surface area (TPSA) is 113 Å². The molecule has 1 unspecified atom stereocenters. The minimum Gasteiger partial charge on any atom is -0.479 e. The number of nitrogens with one attached hydrogen (secondary N) is 1.